The van der Waals surface area contributed by atoms with Crippen molar-refractivity contribution in [3.05, 3.63) is 0 Å². The first-order valence-corrected chi connectivity index (χ1v) is 7.71. The van der Waals surface area contributed by atoms with Gasteiger partial charge in [-0.2, -0.15) is 17.4 Å². The zero-order valence-electron chi connectivity index (χ0n) is 11.1. The third kappa shape index (κ3) is 4.54. The second-order valence-corrected chi connectivity index (χ2v) is 7.32. The van der Waals surface area contributed by atoms with Crippen LogP contribution >= 0.6 is 0 Å². The van der Waals surface area contributed by atoms with Crippen molar-refractivity contribution in [3.8, 4) is 0 Å². The van der Waals surface area contributed by atoms with Crippen molar-refractivity contribution >= 4 is 10.2 Å². The zero-order valence-corrected chi connectivity index (χ0v) is 11.9. The molecule has 0 aromatic rings. The molecule has 0 bridgehead atoms. The van der Waals surface area contributed by atoms with Gasteiger partial charge in [-0.1, -0.05) is 6.42 Å². The molecule has 17 heavy (non-hydrogen) atoms. The van der Waals surface area contributed by atoms with Crippen LogP contribution in [0, 0.1) is 0 Å². The first-order valence-electron chi connectivity index (χ1n) is 6.27. The number of nitrogens with zero attached hydrogens (tertiary/aromatic N) is 1. The molecule has 1 saturated heterocycles. The van der Waals surface area contributed by atoms with E-state index in [1.807, 2.05) is 20.8 Å². The molecular weight excluding hydrogens is 238 g/mol. The zero-order chi connectivity index (χ0) is 13.1. The van der Waals surface area contributed by atoms with Crippen molar-refractivity contribution in [2.45, 2.75) is 58.0 Å². The summed E-state index contributed by atoms with van der Waals surface area (Å²) in [4.78, 5) is 0. The standard InChI is InChI=1S/C11H25N3O2S/c1-11(2,3)13-17(15,16)14-9-5-4-6-10(14)7-8-12/h10,13H,4-9,12H2,1-3H3. The van der Waals surface area contributed by atoms with Crippen molar-refractivity contribution in [1.29, 1.82) is 0 Å². The lowest BCUT2D eigenvalue weighted by Crippen LogP contribution is -2.54. The van der Waals surface area contributed by atoms with Crippen LogP contribution < -0.4 is 10.5 Å². The number of nitrogens with two attached hydrogens (primary N) is 1. The molecule has 0 amide bonds. The monoisotopic (exact) mass is 263 g/mol. The number of hydrogen-bond donors (Lipinski definition) is 2. The highest BCUT2D eigenvalue weighted by Gasteiger charge is 2.33. The van der Waals surface area contributed by atoms with E-state index in [1.54, 1.807) is 4.31 Å². The smallest absolute Gasteiger partial charge is 0.280 e. The SMILES string of the molecule is CC(C)(C)NS(=O)(=O)N1CCCCC1CCN. The van der Waals surface area contributed by atoms with Gasteiger partial charge in [-0.05, 0) is 46.6 Å². The summed E-state index contributed by atoms with van der Waals surface area (Å²) >= 11 is 0. The van der Waals surface area contributed by atoms with Gasteiger partial charge in [-0.3, -0.25) is 0 Å². The molecule has 6 heteroatoms. The largest absolute Gasteiger partial charge is 0.330 e. The fourth-order valence-corrected chi connectivity index (χ4v) is 4.08. The molecule has 1 rings (SSSR count). The highest BCUT2D eigenvalue weighted by atomic mass is 32.2. The summed E-state index contributed by atoms with van der Waals surface area (Å²) in [7, 11) is -3.38. The van der Waals surface area contributed by atoms with Gasteiger partial charge in [0.05, 0.1) is 0 Å². The van der Waals surface area contributed by atoms with E-state index in [0.29, 0.717) is 13.1 Å². The Morgan fingerprint density at radius 3 is 2.53 bits per heavy atom. The van der Waals surface area contributed by atoms with E-state index in [0.717, 1.165) is 25.7 Å². The number of nitrogens with one attached hydrogen (secondary N) is 1. The Kier molecular flexibility index (Phi) is 4.95. The summed E-state index contributed by atoms with van der Waals surface area (Å²) < 4.78 is 28.8. The lowest BCUT2D eigenvalue weighted by molar-refractivity contribution is 0.237. The van der Waals surface area contributed by atoms with Crippen LogP contribution in [0.2, 0.25) is 0 Å². The summed E-state index contributed by atoms with van der Waals surface area (Å²) in [5.74, 6) is 0. The topological polar surface area (TPSA) is 75.4 Å². The van der Waals surface area contributed by atoms with Gasteiger partial charge in [0.1, 0.15) is 0 Å². The van der Waals surface area contributed by atoms with Crippen LogP contribution in [0.3, 0.4) is 0 Å². The summed E-state index contributed by atoms with van der Waals surface area (Å²) in [6.45, 7) is 6.70. The van der Waals surface area contributed by atoms with Gasteiger partial charge in [-0.15, -0.1) is 0 Å². The minimum atomic E-state index is -3.38. The molecule has 1 aliphatic heterocycles. The molecule has 1 atom stereocenters. The summed E-state index contributed by atoms with van der Waals surface area (Å²) in [6.07, 6.45) is 3.69. The first-order chi connectivity index (χ1) is 7.76. The van der Waals surface area contributed by atoms with E-state index in [1.165, 1.54) is 0 Å². The van der Waals surface area contributed by atoms with Crippen molar-refractivity contribution in [2.75, 3.05) is 13.1 Å². The van der Waals surface area contributed by atoms with Crippen molar-refractivity contribution in [1.82, 2.24) is 9.03 Å². The van der Waals surface area contributed by atoms with Crippen LogP contribution in [0.25, 0.3) is 0 Å². The quantitative estimate of drug-likeness (QED) is 0.788. The van der Waals surface area contributed by atoms with E-state index in [4.69, 9.17) is 5.73 Å². The summed E-state index contributed by atoms with van der Waals surface area (Å²) in [6, 6.07) is 0.0635. The van der Waals surface area contributed by atoms with E-state index in [-0.39, 0.29) is 6.04 Å². The molecule has 0 aromatic heterocycles. The minimum Gasteiger partial charge on any atom is -0.330 e. The van der Waals surface area contributed by atoms with Gasteiger partial charge in [0.2, 0.25) is 0 Å². The minimum absolute atomic E-state index is 0.0635. The molecule has 3 N–H and O–H groups in total. The lowest BCUT2D eigenvalue weighted by Gasteiger charge is -2.36. The van der Waals surface area contributed by atoms with E-state index in [9.17, 15) is 8.42 Å². The Morgan fingerprint density at radius 1 is 1.35 bits per heavy atom. The van der Waals surface area contributed by atoms with Gasteiger partial charge >= 0.3 is 0 Å². The average molecular weight is 263 g/mol. The lowest BCUT2D eigenvalue weighted by atomic mass is 10.0. The summed E-state index contributed by atoms with van der Waals surface area (Å²) in [5.41, 5.74) is 5.11. The molecule has 1 unspecified atom stereocenters. The molecule has 102 valence electrons. The fourth-order valence-electron chi connectivity index (χ4n) is 2.22. The predicted molar refractivity (Wildman–Crippen MR) is 69.8 cm³/mol. The Labute approximate surface area is 105 Å². The van der Waals surface area contributed by atoms with Crippen LogP contribution in [0.15, 0.2) is 0 Å². The molecule has 1 heterocycles. The highest BCUT2D eigenvalue weighted by Crippen LogP contribution is 2.22. The Balaban J connectivity index is 2.80. The second-order valence-electron chi connectivity index (χ2n) is 5.69. The molecule has 1 aliphatic rings. The van der Waals surface area contributed by atoms with Gasteiger partial charge in [0.25, 0.3) is 10.2 Å². The second kappa shape index (κ2) is 5.65. The third-order valence-corrected chi connectivity index (χ3v) is 4.79. The number of rotatable bonds is 4. The molecule has 1 fully saturated rings. The van der Waals surface area contributed by atoms with Gasteiger partial charge in [0.15, 0.2) is 0 Å². The molecule has 0 saturated carbocycles. The number of piperidine rings is 1. The maximum absolute atomic E-state index is 12.3. The molecule has 0 radical (unpaired) electrons. The molecular formula is C11H25N3O2S. The Morgan fingerprint density at radius 2 is 2.00 bits per heavy atom. The van der Waals surface area contributed by atoms with Gasteiger partial charge < -0.3 is 5.73 Å². The number of hydrogen-bond acceptors (Lipinski definition) is 3. The van der Waals surface area contributed by atoms with Crippen LogP contribution in [0.1, 0.15) is 46.5 Å². The van der Waals surface area contributed by atoms with Crippen LogP contribution in [0.4, 0.5) is 0 Å². The van der Waals surface area contributed by atoms with Gasteiger partial charge in [-0.25, -0.2) is 0 Å². The van der Waals surface area contributed by atoms with Gasteiger partial charge in [0, 0.05) is 18.1 Å². The van der Waals surface area contributed by atoms with E-state index >= 15 is 0 Å². The predicted octanol–water partition coefficient (Wildman–Crippen LogP) is 0.823. The van der Waals surface area contributed by atoms with E-state index in [2.05, 4.69) is 4.72 Å². The Bertz CT molecular complexity index is 333. The molecule has 0 aromatic carbocycles. The van der Waals surface area contributed by atoms with Crippen LogP contribution in [-0.2, 0) is 10.2 Å². The molecule has 0 spiro atoms. The Hall–Kier alpha value is -0.170. The first kappa shape index (κ1) is 14.9. The average Bonchev–Trinajstić information content (AvgIpc) is 2.15. The maximum atomic E-state index is 12.3. The van der Waals surface area contributed by atoms with Crippen molar-refractivity contribution in [3.63, 3.8) is 0 Å². The molecule has 5 nitrogen and oxygen atoms in total. The maximum Gasteiger partial charge on any atom is 0.280 e. The van der Waals surface area contributed by atoms with Crippen LogP contribution in [-0.4, -0.2) is 37.4 Å². The van der Waals surface area contributed by atoms with Crippen LogP contribution in [0.5, 0.6) is 0 Å². The van der Waals surface area contributed by atoms with E-state index < -0.39 is 15.7 Å². The van der Waals surface area contributed by atoms with Crippen molar-refractivity contribution in [2.24, 2.45) is 5.73 Å². The highest BCUT2D eigenvalue weighted by molar-refractivity contribution is 7.87. The third-order valence-electron chi connectivity index (χ3n) is 2.82. The summed E-state index contributed by atoms with van der Waals surface area (Å²) in [5, 5.41) is 0. The van der Waals surface area contributed by atoms with Crippen molar-refractivity contribution < 1.29 is 8.42 Å². The fraction of sp³-hybridized carbons (Fsp3) is 1.00. The molecule has 0 aliphatic carbocycles. The normalized spacial score (nSPS) is 23.9.